The lowest BCUT2D eigenvalue weighted by atomic mass is 9.85. The molecule has 1 atom stereocenters. The van der Waals surface area contributed by atoms with E-state index in [2.05, 4.69) is 16.7 Å². The van der Waals surface area contributed by atoms with E-state index in [4.69, 9.17) is 0 Å². The highest BCUT2D eigenvalue weighted by atomic mass is 16.3. The molecule has 1 aliphatic rings. The van der Waals surface area contributed by atoms with E-state index in [0.29, 0.717) is 13.1 Å². The number of rotatable bonds is 4. The second-order valence-corrected chi connectivity index (χ2v) is 5.44. The molecule has 0 saturated carbocycles. The molecule has 1 amide bonds. The van der Waals surface area contributed by atoms with Crippen LogP contribution in [-0.2, 0) is 16.8 Å². The molecule has 0 fully saturated rings. The van der Waals surface area contributed by atoms with Gasteiger partial charge in [0.05, 0.1) is 11.5 Å². The lowest BCUT2D eigenvalue weighted by molar-refractivity contribution is -0.119. The summed E-state index contributed by atoms with van der Waals surface area (Å²) in [6, 6.07) is 6.00. The van der Waals surface area contributed by atoms with Gasteiger partial charge in [0.25, 0.3) is 0 Å². The Labute approximate surface area is 107 Å². The van der Waals surface area contributed by atoms with E-state index in [0.717, 1.165) is 16.8 Å². The van der Waals surface area contributed by atoms with Crippen LogP contribution in [0.15, 0.2) is 18.2 Å². The van der Waals surface area contributed by atoms with E-state index < -0.39 is 5.41 Å². The molecule has 0 bridgehead atoms. The van der Waals surface area contributed by atoms with Gasteiger partial charge in [0.1, 0.15) is 0 Å². The molecule has 4 heteroatoms. The minimum Gasteiger partial charge on any atom is -0.392 e. The number of amides is 1. The molecule has 0 saturated heterocycles. The summed E-state index contributed by atoms with van der Waals surface area (Å²) >= 11 is 0. The van der Waals surface area contributed by atoms with Gasteiger partial charge < -0.3 is 15.7 Å². The van der Waals surface area contributed by atoms with Crippen LogP contribution < -0.4 is 10.6 Å². The number of aliphatic hydroxyl groups is 1. The largest absolute Gasteiger partial charge is 0.392 e. The van der Waals surface area contributed by atoms with Crippen molar-refractivity contribution < 1.29 is 9.90 Å². The Morgan fingerprint density at radius 3 is 2.83 bits per heavy atom. The van der Waals surface area contributed by atoms with Crippen molar-refractivity contribution in [3.05, 3.63) is 29.3 Å². The zero-order valence-corrected chi connectivity index (χ0v) is 11.1. The van der Waals surface area contributed by atoms with Crippen molar-refractivity contribution in [2.45, 2.75) is 38.8 Å². The zero-order valence-electron chi connectivity index (χ0n) is 11.1. The summed E-state index contributed by atoms with van der Waals surface area (Å²) in [5, 5.41) is 15.3. The number of hydrogen-bond acceptors (Lipinski definition) is 3. The summed E-state index contributed by atoms with van der Waals surface area (Å²) in [4.78, 5) is 11.8. The zero-order chi connectivity index (χ0) is 13.3. The highest BCUT2D eigenvalue weighted by Crippen LogP contribution is 2.37. The summed E-state index contributed by atoms with van der Waals surface area (Å²) in [6.07, 6.45) is -0.348. The maximum absolute atomic E-state index is 11.8. The molecule has 2 rings (SSSR count). The summed E-state index contributed by atoms with van der Waals surface area (Å²) < 4.78 is 0. The van der Waals surface area contributed by atoms with Crippen molar-refractivity contribution in [1.29, 1.82) is 0 Å². The smallest absolute Gasteiger partial charge is 0.234 e. The lowest BCUT2D eigenvalue weighted by Gasteiger charge is -2.16. The van der Waals surface area contributed by atoms with Gasteiger partial charge in [0.15, 0.2) is 0 Å². The maximum Gasteiger partial charge on any atom is 0.234 e. The average molecular weight is 248 g/mol. The van der Waals surface area contributed by atoms with Crippen molar-refractivity contribution in [2.75, 3.05) is 11.9 Å². The van der Waals surface area contributed by atoms with Crippen LogP contribution in [0.1, 0.15) is 31.9 Å². The first-order valence-electron chi connectivity index (χ1n) is 6.25. The summed E-state index contributed by atoms with van der Waals surface area (Å²) in [7, 11) is 0. The third kappa shape index (κ3) is 2.40. The molecule has 18 heavy (non-hydrogen) atoms. The molecule has 1 unspecified atom stereocenters. The lowest BCUT2D eigenvalue weighted by Crippen LogP contribution is -2.27. The first-order valence-corrected chi connectivity index (χ1v) is 6.25. The van der Waals surface area contributed by atoms with Gasteiger partial charge in [-0.3, -0.25) is 4.79 Å². The number of hydrogen-bond donors (Lipinski definition) is 3. The van der Waals surface area contributed by atoms with Crippen molar-refractivity contribution in [2.24, 2.45) is 0 Å². The number of benzene rings is 1. The number of fused-ring (bicyclic) bond motifs is 1. The minimum absolute atomic E-state index is 0.0478. The molecule has 1 aliphatic heterocycles. The Balaban J connectivity index is 2.13. The van der Waals surface area contributed by atoms with Crippen LogP contribution in [0.4, 0.5) is 5.69 Å². The molecule has 1 aromatic rings. The fraction of sp³-hybridized carbons (Fsp3) is 0.500. The molecule has 0 radical (unpaired) electrons. The van der Waals surface area contributed by atoms with Gasteiger partial charge in [0, 0.05) is 18.8 Å². The van der Waals surface area contributed by atoms with E-state index in [1.807, 2.05) is 26.0 Å². The van der Waals surface area contributed by atoms with Crippen LogP contribution in [0.2, 0.25) is 0 Å². The van der Waals surface area contributed by atoms with Crippen LogP contribution in [-0.4, -0.2) is 23.7 Å². The fourth-order valence-corrected chi connectivity index (χ4v) is 2.15. The monoisotopic (exact) mass is 248 g/mol. The Morgan fingerprint density at radius 2 is 2.17 bits per heavy atom. The SMILES string of the molecule is CC(O)CNCc1ccc2c(c1)C(C)(C)C(=O)N2. The van der Waals surface area contributed by atoms with Gasteiger partial charge in [-0.25, -0.2) is 0 Å². The van der Waals surface area contributed by atoms with Crippen LogP contribution in [0.3, 0.4) is 0 Å². The molecule has 0 aliphatic carbocycles. The molecule has 1 heterocycles. The third-order valence-electron chi connectivity index (χ3n) is 3.34. The normalized spacial score (nSPS) is 18.3. The maximum atomic E-state index is 11.8. The first kappa shape index (κ1) is 13.1. The third-order valence-corrected chi connectivity index (χ3v) is 3.34. The second kappa shape index (κ2) is 4.71. The minimum atomic E-state index is -0.463. The van der Waals surface area contributed by atoms with Crippen molar-refractivity contribution in [3.8, 4) is 0 Å². The van der Waals surface area contributed by atoms with Crippen molar-refractivity contribution in [1.82, 2.24) is 5.32 Å². The molecule has 0 aromatic heterocycles. The first-order chi connectivity index (χ1) is 8.41. The van der Waals surface area contributed by atoms with Gasteiger partial charge in [-0.05, 0) is 38.0 Å². The second-order valence-electron chi connectivity index (χ2n) is 5.44. The summed E-state index contributed by atoms with van der Waals surface area (Å²) in [5.41, 5.74) is 2.61. The standard InChI is InChI=1S/C14H20N2O2/c1-9(17)7-15-8-10-4-5-12-11(6-10)14(2,3)13(18)16-12/h4-6,9,15,17H,7-8H2,1-3H3,(H,16,18). The summed E-state index contributed by atoms with van der Waals surface area (Å²) in [5.74, 6) is 0.0478. The molecular weight excluding hydrogens is 228 g/mol. The van der Waals surface area contributed by atoms with Crippen LogP contribution in [0.5, 0.6) is 0 Å². The van der Waals surface area contributed by atoms with Gasteiger partial charge in [-0.15, -0.1) is 0 Å². The van der Waals surface area contributed by atoms with E-state index >= 15 is 0 Å². The molecular formula is C14H20N2O2. The van der Waals surface area contributed by atoms with Crippen LogP contribution in [0.25, 0.3) is 0 Å². The van der Waals surface area contributed by atoms with E-state index in [9.17, 15) is 9.90 Å². The highest BCUT2D eigenvalue weighted by molar-refractivity contribution is 6.05. The van der Waals surface area contributed by atoms with E-state index in [1.54, 1.807) is 6.92 Å². The summed E-state index contributed by atoms with van der Waals surface area (Å²) in [6.45, 7) is 6.88. The van der Waals surface area contributed by atoms with Gasteiger partial charge in [-0.1, -0.05) is 12.1 Å². The van der Waals surface area contributed by atoms with Crippen molar-refractivity contribution >= 4 is 11.6 Å². The number of nitrogens with one attached hydrogen (secondary N) is 2. The topological polar surface area (TPSA) is 61.4 Å². The highest BCUT2D eigenvalue weighted by Gasteiger charge is 2.38. The Bertz CT molecular complexity index is 467. The van der Waals surface area contributed by atoms with Crippen LogP contribution >= 0.6 is 0 Å². The van der Waals surface area contributed by atoms with Gasteiger partial charge >= 0.3 is 0 Å². The van der Waals surface area contributed by atoms with Crippen molar-refractivity contribution in [3.63, 3.8) is 0 Å². The molecule has 1 aromatic carbocycles. The van der Waals surface area contributed by atoms with E-state index in [-0.39, 0.29) is 12.0 Å². The van der Waals surface area contributed by atoms with Gasteiger partial charge in [-0.2, -0.15) is 0 Å². The predicted molar refractivity (Wildman–Crippen MR) is 71.5 cm³/mol. The number of aliphatic hydroxyl groups excluding tert-OH is 1. The van der Waals surface area contributed by atoms with E-state index in [1.165, 1.54) is 0 Å². The quantitative estimate of drug-likeness (QED) is 0.754. The Hall–Kier alpha value is -1.39. The number of carbonyl (C=O) groups excluding carboxylic acids is 1. The number of anilines is 1. The molecule has 0 spiro atoms. The predicted octanol–water partition coefficient (Wildman–Crippen LogP) is 1.39. The number of carbonyl (C=O) groups is 1. The Morgan fingerprint density at radius 1 is 1.44 bits per heavy atom. The fourth-order valence-electron chi connectivity index (χ4n) is 2.15. The molecule has 4 nitrogen and oxygen atoms in total. The van der Waals surface area contributed by atoms with Crippen LogP contribution in [0, 0.1) is 0 Å². The molecule has 98 valence electrons. The Kier molecular flexibility index (Phi) is 3.41. The van der Waals surface area contributed by atoms with Gasteiger partial charge in [0.2, 0.25) is 5.91 Å². The molecule has 3 N–H and O–H groups in total. The average Bonchev–Trinajstić information content (AvgIpc) is 2.51.